The number of fused-ring (bicyclic) bond motifs is 1. The molecule has 2 unspecified atom stereocenters. The first-order valence-corrected chi connectivity index (χ1v) is 13.3. The van der Waals surface area contributed by atoms with Gasteiger partial charge in [0.05, 0.1) is 22.9 Å². The number of hydrogen-bond donors (Lipinski definition) is 1. The number of methoxy groups -OCH3 is 1. The second-order valence-electron chi connectivity index (χ2n) is 8.07. The van der Waals surface area contributed by atoms with Crippen LogP contribution in [0, 0.1) is 13.8 Å². The van der Waals surface area contributed by atoms with Crippen molar-refractivity contribution in [2.45, 2.75) is 41.5 Å². The first-order valence-electron chi connectivity index (χ1n) is 10.3. The SMILES string of the molecule is COc1ccc2c(c1)CC(C(OS(=O)(=O)c1ccc(C)cc1)S(=O)(=O)c1ccc(C)cc1)N2. The average molecular weight is 488 g/mol. The van der Waals surface area contributed by atoms with Crippen LogP contribution in [0.1, 0.15) is 16.7 Å². The van der Waals surface area contributed by atoms with Gasteiger partial charge in [-0.05, 0) is 68.3 Å². The van der Waals surface area contributed by atoms with Crippen molar-refractivity contribution in [1.82, 2.24) is 0 Å². The van der Waals surface area contributed by atoms with Gasteiger partial charge in [0.2, 0.25) is 15.3 Å². The number of anilines is 1. The summed E-state index contributed by atoms with van der Waals surface area (Å²) in [5, 5.41) is 3.13. The Hall–Kier alpha value is -2.88. The molecule has 0 saturated carbocycles. The molecule has 4 rings (SSSR count). The Kier molecular flexibility index (Phi) is 6.22. The molecular weight excluding hydrogens is 462 g/mol. The molecule has 1 aliphatic rings. The molecule has 0 spiro atoms. The Bertz CT molecular complexity index is 1370. The lowest BCUT2D eigenvalue weighted by atomic mass is 10.1. The molecule has 0 saturated heterocycles. The Balaban J connectivity index is 1.74. The van der Waals surface area contributed by atoms with Gasteiger partial charge in [-0.1, -0.05) is 35.4 Å². The largest absolute Gasteiger partial charge is 0.497 e. The van der Waals surface area contributed by atoms with Gasteiger partial charge in [0.1, 0.15) is 5.75 Å². The van der Waals surface area contributed by atoms with Crippen molar-refractivity contribution in [2.24, 2.45) is 0 Å². The maximum atomic E-state index is 13.6. The van der Waals surface area contributed by atoms with Crippen LogP contribution >= 0.6 is 0 Å². The molecule has 0 radical (unpaired) electrons. The van der Waals surface area contributed by atoms with Crippen LogP contribution in [0.3, 0.4) is 0 Å². The van der Waals surface area contributed by atoms with E-state index in [2.05, 4.69) is 5.32 Å². The van der Waals surface area contributed by atoms with Gasteiger partial charge < -0.3 is 10.1 Å². The summed E-state index contributed by atoms with van der Waals surface area (Å²) in [5.41, 5.74) is 1.61. The molecule has 1 N–H and O–H groups in total. The lowest BCUT2D eigenvalue weighted by molar-refractivity contribution is 0.256. The molecule has 0 fully saturated rings. The van der Waals surface area contributed by atoms with Gasteiger partial charge >= 0.3 is 0 Å². The predicted molar refractivity (Wildman–Crippen MR) is 126 cm³/mol. The number of ether oxygens (including phenoxy) is 1. The van der Waals surface area contributed by atoms with Gasteiger partial charge in [0.15, 0.2) is 0 Å². The molecule has 1 aliphatic heterocycles. The quantitative estimate of drug-likeness (QED) is 0.505. The van der Waals surface area contributed by atoms with Gasteiger partial charge in [-0.2, -0.15) is 8.42 Å². The molecular formula is C24H25NO6S2. The summed E-state index contributed by atoms with van der Waals surface area (Å²) in [6.45, 7) is 3.67. The summed E-state index contributed by atoms with van der Waals surface area (Å²) < 4.78 is 64.1. The highest BCUT2D eigenvalue weighted by Crippen LogP contribution is 2.35. The molecule has 2 atom stereocenters. The summed E-state index contributed by atoms with van der Waals surface area (Å²) in [4.78, 5) is -0.109. The molecule has 1 heterocycles. The Morgan fingerprint density at radius 3 is 2.00 bits per heavy atom. The lowest BCUT2D eigenvalue weighted by Gasteiger charge is -2.24. The summed E-state index contributed by atoms with van der Waals surface area (Å²) in [6, 6.07) is 16.8. The van der Waals surface area contributed by atoms with Gasteiger partial charge in [-0.3, -0.25) is 0 Å². The average Bonchev–Trinajstić information content (AvgIpc) is 3.21. The van der Waals surface area contributed by atoms with E-state index in [0.717, 1.165) is 16.7 Å². The number of hydrogen-bond acceptors (Lipinski definition) is 7. The van der Waals surface area contributed by atoms with Crippen LogP contribution in [0.15, 0.2) is 76.5 Å². The molecule has 33 heavy (non-hydrogen) atoms. The van der Waals surface area contributed by atoms with E-state index in [1.54, 1.807) is 49.6 Å². The predicted octanol–water partition coefficient (Wildman–Crippen LogP) is 3.85. The van der Waals surface area contributed by atoms with Gasteiger partial charge in [-0.25, -0.2) is 12.6 Å². The van der Waals surface area contributed by atoms with Crippen LogP contribution < -0.4 is 10.1 Å². The van der Waals surface area contributed by atoms with Gasteiger partial charge in [-0.15, -0.1) is 0 Å². The van der Waals surface area contributed by atoms with E-state index in [1.807, 2.05) is 13.8 Å². The zero-order valence-corrected chi connectivity index (χ0v) is 20.1. The maximum absolute atomic E-state index is 13.6. The van der Waals surface area contributed by atoms with Gasteiger partial charge in [0, 0.05) is 5.69 Å². The van der Waals surface area contributed by atoms with Crippen LogP contribution in [-0.4, -0.2) is 35.4 Å². The zero-order chi connectivity index (χ0) is 23.8. The third-order valence-electron chi connectivity index (χ3n) is 5.61. The van der Waals surface area contributed by atoms with Crippen LogP contribution in [0.25, 0.3) is 0 Å². The van der Waals surface area contributed by atoms with Crippen molar-refractivity contribution in [2.75, 3.05) is 12.4 Å². The minimum Gasteiger partial charge on any atom is -0.497 e. The highest BCUT2D eigenvalue weighted by Gasteiger charge is 2.42. The van der Waals surface area contributed by atoms with E-state index in [4.69, 9.17) is 8.92 Å². The van der Waals surface area contributed by atoms with Crippen molar-refractivity contribution in [3.8, 4) is 5.75 Å². The Labute approximate surface area is 194 Å². The van der Waals surface area contributed by atoms with E-state index in [0.29, 0.717) is 11.4 Å². The van der Waals surface area contributed by atoms with Crippen molar-refractivity contribution in [3.05, 3.63) is 83.4 Å². The van der Waals surface area contributed by atoms with E-state index in [1.165, 1.54) is 24.3 Å². The number of rotatable bonds is 7. The van der Waals surface area contributed by atoms with Crippen molar-refractivity contribution in [1.29, 1.82) is 0 Å². The third kappa shape index (κ3) is 4.75. The lowest BCUT2D eigenvalue weighted by Crippen LogP contribution is -2.42. The number of aryl methyl sites for hydroxylation is 2. The van der Waals surface area contributed by atoms with Crippen LogP contribution in [0.5, 0.6) is 5.75 Å². The molecule has 0 aromatic heterocycles. The Morgan fingerprint density at radius 1 is 0.848 bits per heavy atom. The fourth-order valence-corrected chi connectivity index (χ4v) is 6.81. The van der Waals surface area contributed by atoms with Gasteiger partial charge in [0.25, 0.3) is 10.1 Å². The highest BCUT2D eigenvalue weighted by atomic mass is 32.2. The van der Waals surface area contributed by atoms with E-state index < -0.39 is 31.4 Å². The number of sulfone groups is 1. The standard InChI is InChI=1S/C24H25NO6S2/c1-16-4-9-20(10-5-16)32(26,27)24(31-33(28,29)21-11-6-17(2)7-12-21)23-15-18-14-19(30-3)8-13-22(18)25-23/h4-14,23-25H,15H2,1-3H3. The summed E-state index contributed by atoms with van der Waals surface area (Å²) >= 11 is 0. The molecule has 3 aromatic rings. The van der Waals surface area contributed by atoms with Crippen molar-refractivity contribution >= 4 is 25.6 Å². The molecule has 0 amide bonds. The van der Waals surface area contributed by atoms with E-state index in [9.17, 15) is 16.8 Å². The highest BCUT2D eigenvalue weighted by molar-refractivity contribution is 7.93. The normalized spacial score (nSPS) is 16.6. The first-order chi connectivity index (χ1) is 15.6. The number of nitrogens with one attached hydrogen (secondary N) is 1. The van der Waals surface area contributed by atoms with Crippen LogP contribution in [0.4, 0.5) is 5.69 Å². The number of benzene rings is 3. The molecule has 3 aromatic carbocycles. The van der Waals surface area contributed by atoms with E-state index in [-0.39, 0.29) is 16.2 Å². The topological polar surface area (TPSA) is 98.8 Å². The molecule has 0 aliphatic carbocycles. The third-order valence-corrected chi connectivity index (χ3v) is 9.01. The summed E-state index contributed by atoms with van der Waals surface area (Å²) in [7, 11) is -6.99. The fourth-order valence-electron chi connectivity index (χ4n) is 3.74. The molecule has 7 nitrogen and oxygen atoms in total. The van der Waals surface area contributed by atoms with Crippen molar-refractivity contribution < 1.29 is 25.8 Å². The minimum atomic E-state index is -4.36. The minimum absolute atomic E-state index is 0.00690. The van der Waals surface area contributed by atoms with Crippen LogP contribution in [0.2, 0.25) is 0 Å². The molecule has 9 heteroatoms. The Morgan fingerprint density at radius 2 is 1.42 bits per heavy atom. The monoisotopic (exact) mass is 487 g/mol. The maximum Gasteiger partial charge on any atom is 0.298 e. The first kappa shape index (κ1) is 23.3. The summed E-state index contributed by atoms with van der Waals surface area (Å²) in [6.07, 6.45) is 0.256. The second-order valence-corrected chi connectivity index (χ2v) is 11.7. The van der Waals surface area contributed by atoms with Crippen LogP contribution in [-0.2, 0) is 30.6 Å². The smallest absolute Gasteiger partial charge is 0.298 e. The summed E-state index contributed by atoms with van der Waals surface area (Å²) in [5.74, 6) is 0.627. The zero-order valence-electron chi connectivity index (χ0n) is 18.5. The molecule has 0 bridgehead atoms. The van der Waals surface area contributed by atoms with E-state index >= 15 is 0 Å². The second kappa shape index (κ2) is 8.81. The fraction of sp³-hybridized carbons (Fsp3) is 0.250. The molecule has 174 valence electrons. The van der Waals surface area contributed by atoms with Crippen molar-refractivity contribution in [3.63, 3.8) is 0 Å².